The minimum atomic E-state index is -1.37. The first-order valence-electron chi connectivity index (χ1n) is 10.6. The van der Waals surface area contributed by atoms with Crippen LogP contribution < -0.4 is 0 Å². The van der Waals surface area contributed by atoms with E-state index in [1.54, 1.807) is 39.0 Å². The predicted molar refractivity (Wildman–Crippen MR) is 123 cm³/mol. The van der Waals surface area contributed by atoms with Crippen molar-refractivity contribution in [2.45, 2.75) is 38.3 Å². The molecule has 3 aromatic rings. The normalized spacial score (nSPS) is 18.1. The van der Waals surface area contributed by atoms with Gasteiger partial charge < -0.3 is 9.47 Å². The fraction of sp³-hybridized carbons (Fsp3) is 0.259. The number of nitrogens with zero attached hydrogens (tertiary/aromatic N) is 1. The molecule has 0 bridgehead atoms. The van der Waals surface area contributed by atoms with Gasteiger partial charge in [0.25, 0.3) is 0 Å². The number of hydrogen-bond donors (Lipinski definition) is 0. The fourth-order valence-electron chi connectivity index (χ4n) is 3.72. The van der Waals surface area contributed by atoms with E-state index in [9.17, 15) is 9.18 Å². The molecule has 0 aliphatic carbocycles. The summed E-state index contributed by atoms with van der Waals surface area (Å²) < 4.78 is 26.2. The number of rotatable bonds is 5. The number of carbonyl (C=O) groups excluding carboxylic acids is 1. The van der Waals surface area contributed by atoms with Crippen molar-refractivity contribution in [3.8, 4) is 11.1 Å². The molecule has 0 amide bonds. The second-order valence-electron chi connectivity index (χ2n) is 8.92. The first-order chi connectivity index (χ1) is 15.3. The van der Waals surface area contributed by atoms with Crippen molar-refractivity contribution in [2.24, 2.45) is 4.99 Å². The van der Waals surface area contributed by atoms with Gasteiger partial charge in [0.05, 0.1) is 0 Å². The molecule has 0 N–H and O–H groups in total. The molecule has 0 fully saturated rings. The van der Waals surface area contributed by atoms with Crippen LogP contribution in [0, 0.1) is 5.82 Å². The maximum atomic E-state index is 14.5. The van der Waals surface area contributed by atoms with Gasteiger partial charge in [0.2, 0.25) is 5.90 Å². The first-order valence-corrected chi connectivity index (χ1v) is 10.6. The third kappa shape index (κ3) is 4.57. The van der Waals surface area contributed by atoms with Crippen LogP contribution in [0.4, 0.5) is 4.39 Å². The van der Waals surface area contributed by atoms with E-state index < -0.39 is 17.1 Å². The van der Waals surface area contributed by atoms with Gasteiger partial charge in [-0.1, -0.05) is 66.7 Å². The van der Waals surface area contributed by atoms with E-state index >= 15 is 0 Å². The molecule has 5 heteroatoms. The summed E-state index contributed by atoms with van der Waals surface area (Å²) in [6, 6.07) is 24.0. The molecular weight excluding hydrogens is 405 g/mol. The lowest BCUT2D eigenvalue weighted by molar-refractivity contribution is -0.162. The molecule has 0 saturated heterocycles. The predicted octanol–water partition coefficient (Wildman–Crippen LogP) is 5.59. The molecule has 0 radical (unpaired) electrons. The van der Waals surface area contributed by atoms with Gasteiger partial charge in [-0.25, -0.2) is 14.2 Å². The second-order valence-corrected chi connectivity index (χ2v) is 8.92. The van der Waals surface area contributed by atoms with Gasteiger partial charge in [-0.2, -0.15) is 0 Å². The molecule has 32 heavy (non-hydrogen) atoms. The molecule has 0 unspecified atom stereocenters. The Bertz CT molecular complexity index is 1150. The Morgan fingerprint density at radius 2 is 1.59 bits per heavy atom. The highest BCUT2D eigenvalue weighted by molar-refractivity contribution is 6.04. The van der Waals surface area contributed by atoms with Crippen molar-refractivity contribution in [1.82, 2.24) is 0 Å². The molecule has 1 atom stereocenters. The maximum absolute atomic E-state index is 14.5. The number of esters is 1. The third-order valence-corrected chi connectivity index (χ3v) is 5.23. The molecule has 1 aliphatic rings. The molecule has 1 heterocycles. The van der Waals surface area contributed by atoms with Crippen LogP contribution in [-0.4, -0.2) is 29.6 Å². The number of aliphatic imine (C=N–C) groups is 1. The Morgan fingerprint density at radius 3 is 2.28 bits per heavy atom. The van der Waals surface area contributed by atoms with E-state index in [0.717, 1.165) is 16.7 Å². The highest BCUT2D eigenvalue weighted by Crippen LogP contribution is 2.33. The van der Waals surface area contributed by atoms with E-state index in [2.05, 4.69) is 0 Å². The van der Waals surface area contributed by atoms with Crippen molar-refractivity contribution in [2.75, 3.05) is 6.61 Å². The molecule has 0 saturated carbocycles. The SMILES string of the molecule is CC(C)(C)OC(=O)[C@@]1(Cc2ccccc2F)COC(c2ccccc2-c2ccccc2)=N1. The van der Waals surface area contributed by atoms with Gasteiger partial charge in [0.15, 0.2) is 5.54 Å². The summed E-state index contributed by atoms with van der Waals surface area (Å²) >= 11 is 0. The fourth-order valence-corrected chi connectivity index (χ4v) is 3.72. The van der Waals surface area contributed by atoms with Gasteiger partial charge in [-0.05, 0) is 49.6 Å². The molecular formula is C27H26FNO3. The van der Waals surface area contributed by atoms with Crippen LogP contribution in [0.2, 0.25) is 0 Å². The van der Waals surface area contributed by atoms with E-state index in [1.165, 1.54) is 6.07 Å². The van der Waals surface area contributed by atoms with E-state index in [4.69, 9.17) is 14.5 Å². The minimum absolute atomic E-state index is 0.0191. The number of carbonyl (C=O) groups is 1. The first kappa shape index (κ1) is 21.8. The Kier molecular flexibility index (Phi) is 5.83. The number of hydrogen-bond acceptors (Lipinski definition) is 4. The van der Waals surface area contributed by atoms with Crippen molar-refractivity contribution in [3.05, 3.63) is 95.8 Å². The lowest BCUT2D eigenvalue weighted by Gasteiger charge is -2.28. The van der Waals surface area contributed by atoms with E-state index in [0.29, 0.717) is 11.5 Å². The number of halogens is 1. The molecule has 4 nitrogen and oxygen atoms in total. The molecule has 3 aromatic carbocycles. The smallest absolute Gasteiger partial charge is 0.338 e. The van der Waals surface area contributed by atoms with E-state index in [-0.39, 0.29) is 18.8 Å². The molecule has 4 rings (SSSR count). The average molecular weight is 432 g/mol. The van der Waals surface area contributed by atoms with Gasteiger partial charge in [0.1, 0.15) is 18.0 Å². The lowest BCUT2D eigenvalue weighted by atomic mass is 9.91. The van der Waals surface area contributed by atoms with Crippen LogP contribution in [0.1, 0.15) is 31.9 Å². The summed E-state index contributed by atoms with van der Waals surface area (Å²) in [5, 5.41) is 0. The summed E-state index contributed by atoms with van der Waals surface area (Å²) in [7, 11) is 0. The largest absolute Gasteiger partial charge is 0.474 e. The van der Waals surface area contributed by atoms with Crippen LogP contribution in [0.3, 0.4) is 0 Å². The molecule has 0 aromatic heterocycles. The van der Waals surface area contributed by atoms with Crippen LogP contribution in [-0.2, 0) is 20.7 Å². The van der Waals surface area contributed by atoms with Crippen molar-refractivity contribution in [1.29, 1.82) is 0 Å². The van der Waals surface area contributed by atoms with Crippen LogP contribution in [0.5, 0.6) is 0 Å². The summed E-state index contributed by atoms with van der Waals surface area (Å²) in [4.78, 5) is 18.0. The summed E-state index contributed by atoms with van der Waals surface area (Å²) in [6.07, 6.45) is 0.0472. The maximum Gasteiger partial charge on any atom is 0.338 e. The third-order valence-electron chi connectivity index (χ3n) is 5.23. The molecule has 0 spiro atoms. The zero-order valence-corrected chi connectivity index (χ0v) is 18.5. The van der Waals surface area contributed by atoms with E-state index in [1.807, 2.05) is 54.6 Å². The highest BCUT2D eigenvalue weighted by Gasteiger charge is 2.48. The Balaban J connectivity index is 1.78. The van der Waals surface area contributed by atoms with Gasteiger partial charge in [-0.3, -0.25) is 0 Å². The lowest BCUT2D eigenvalue weighted by Crippen LogP contribution is -2.45. The van der Waals surface area contributed by atoms with Crippen molar-refractivity contribution >= 4 is 11.9 Å². The second kappa shape index (κ2) is 8.58. The standard InChI is InChI=1S/C27H26FNO3/c1-26(2,3)32-25(30)27(17-20-13-7-10-16-23(20)28)18-31-24(29-27)22-15-9-8-14-21(22)19-11-5-4-6-12-19/h4-16H,17-18H2,1-3H3/t27-/m1/s1. The summed E-state index contributed by atoms with van der Waals surface area (Å²) in [6.45, 7) is 5.38. The minimum Gasteiger partial charge on any atom is -0.474 e. The number of benzene rings is 3. The summed E-state index contributed by atoms with van der Waals surface area (Å²) in [5.74, 6) is -0.559. The molecule has 164 valence electrons. The van der Waals surface area contributed by atoms with Crippen LogP contribution >= 0.6 is 0 Å². The van der Waals surface area contributed by atoms with Crippen LogP contribution in [0.15, 0.2) is 83.9 Å². The van der Waals surface area contributed by atoms with Gasteiger partial charge in [-0.15, -0.1) is 0 Å². The average Bonchev–Trinajstić information content (AvgIpc) is 3.20. The summed E-state index contributed by atoms with van der Waals surface area (Å²) in [5.41, 5.74) is 1.05. The monoisotopic (exact) mass is 431 g/mol. The van der Waals surface area contributed by atoms with Crippen molar-refractivity contribution in [3.63, 3.8) is 0 Å². The van der Waals surface area contributed by atoms with Gasteiger partial charge in [0, 0.05) is 12.0 Å². The topological polar surface area (TPSA) is 47.9 Å². The van der Waals surface area contributed by atoms with Crippen molar-refractivity contribution < 1.29 is 18.7 Å². The Hall–Kier alpha value is -3.47. The van der Waals surface area contributed by atoms with Gasteiger partial charge >= 0.3 is 5.97 Å². The highest BCUT2D eigenvalue weighted by atomic mass is 19.1. The Labute approximate surface area is 187 Å². The Morgan fingerprint density at radius 1 is 0.969 bits per heavy atom. The zero-order chi connectivity index (χ0) is 22.8. The quantitative estimate of drug-likeness (QED) is 0.495. The number of ether oxygens (including phenoxy) is 2. The van der Waals surface area contributed by atoms with Crippen LogP contribution in [0.25, 0.3) is 11.1 Å². The zero-order valence-electron chi connectivity index (χ0n) is 18.5. The molecule has 1 aliphatic heterocycles.